The standard InChI is InChI=1S/C19H23F3N4O2.ClH/c1-11-6-13(7-12(2)17(11)28-10-19(20,21)22)9-26(3)18(27)16-14-8-23-5-4-15(14)24-25-16;/h6-7,23H,4-5,8-10H2,1-3H3,(H,24,25);1H. The smallest absolute Gasteiger partial charge is 0.422 e. The largest absolute Gasteiger partial charge is 0.484 e. The molecule has 1 amide bonds. The number of rotatable bonds is 5. The zero-order valence-corrected chi connectivity index (χ0v) is 17.3. The number of alkyl halides is 3. The molecule has 1 aromatic carbocycles. The molecule has 3 rings (SSSR count). The van der Waals surface area contributed by atoms with Gasteiger partial charge in [0.25, 0.3) is 5.91 Å². The first kappa shape index (κ1) is 23.0. The molecule has 0 radical (unpaired) electrons. The van der Waals surface area contributed by atoms with Crippen molar-refractivity contribution in [3.63, 3.8) is 0 Å². The minimum Gasteiger partial charge on any atom is -0.484 e. The molecular formula is C19H24ClF3N4O2. The molecule has 2 aromatic rings. The van der Waals surface area contributed by atoms with Gasteiger partial charge in [-0.25, -0.2) is 0 Å². The van der Waals surface area contributed by atoms with Gasteiger partial charge >= 0.3 is 6.18 Å². The van der Waals surface area contributed by atoms with Crippen LogP contribution in [0.1, 0.15) is 38.4 Å². The van der Waals surface area contributed by atoms with Crippen molar-refractivity contribution < 1.29 is 22.7 Å². The molecule has 2 heterocycles. The quantitative estimate of drug-likeness (QED) is 0.760. The van der Waals surface area contributed by atoms with Crippen LogP contribution >= 0.6 is 12.4 Å². The minimum atomic E-state index is -4.39. The lowest BCUT2D eigenvalue weighted by molar-refractivity contribution is -0.153. The number of benzene rings is 1. The van der Waals surface area contributed by atoms with Gasteiger partial charge in [-0.05, 0) is 30.5 Å². The van der Waals surface area contributed by atoms with E-state index in [-0.39, 0.29) is 24.1 Å². The fourth-order valence-electron chi connectivity index (χ4n) is 3.44. The molecule has 0 aliphatic carbocycles. The third-order valence-corrected chi connectivity index (χ3v) is 4.68. The fourth-order valence-corrected chi connectivity index (χ4v) is 3.44. The van der Waals surface area contributed by atoms with Crippen molar-refractivity contribution in [1.82, 2.24) is 20.4 Å². The summed E-state index contributed by atoms with van der Waals surface area (Å²) in [6.45, 7) is 3.82. The van der Waals surface area contributed by atoms with E-state index in [2.05, 4.69) is 15.5 Å². The van der Waals surface area contributed by atoms with E-state index in [0.29, 0.717) is 29.9 Å². The summed E-state index contributed by atoms with van der Waals surface area (Å²) in [6, 6.07) is 3.48. The Morgan fingerprint density at radius 1 is 1.28 bits per heavy atom. The fraction of sp³-hybridized carbons (Fsp3) is 0.474. The average molecular weight is 433 g/mol. The third kappa shape index (κ3) is 5.42. The van der Waals surface area contributed by atoms with E-state index >= 15 is 0 Å². The molecule has 6 nitrogen and oxygen atoms in total. The molecule has 29 heavy (non-hydrogen) atoms. The van der Waals surface area contributed by atoms with Gasteiger partial charge in [0.2, 0.25) is 0 Å². The first-order valence-corrected chi connectivity index (χ1v) is 8.97. The van der Waals surface area contributed by atoms with Gasteiger partial charge in [0, 0.05) is 44.4 Å². The van der Waals surface area contributed by atoms with Crippen LogP contribution in [0.25, 0.3) is 0 Å². The van der Waals surface area contributed by atoms with Crippen molar-refractivity contribution >= 4 is 18.3 Å². The molecule has 1 aromatic heterocycles. The second kappa shape index (κ2) is 9.04. The number of aromatic nitrogens is 2. The zero-order chi connectivity index (χ0) is 20.5. The zero-order valence-electron chi connectivity index (χ0n) is 16.4. The molecule has 0 spiro atoms. The number of ether oxygens (including phenoxy) is 1. The Labute approximate surface area is 173 Å². The summed E-state index contributed by atoms with van der Waals surface area (Å²) in [4.78, 5) is 14.3. The van der Waals surface area contributed by atoms with Crippen molar-refractivity contribution in [2.45, 2.75) is 39.5 Å². The van der Waals surface area contributed by atoms with Crippen LogP contribution in [0.4, 0.5) is 13.2 Å². The molecule has 0 bridgehead atoms. The van der Waals surface area contributed by atoms with Gasteiger partial charge in [-0.15, -0.1) is 12.4 Å². The third-order valence-electron chi connectivity index (χ3n) is 4.68. The van der Waals surface area contributed by atoms with Crippen molar-refractivity contribution in [2.75, 3.05) is 20.2 Å². The number of hydrogen-bond donors (Lipinski definition) is 2. The Bertz CT molecular complexity index is 860. The van der Waals surface area contributed by atoms with E-state index < -0.39 is 12.8 Å². The Morgan fingerprint density at radius 3 is 2.55 bits per heavy atom. The molecular weight excluding hydrogens is 409 g/mol. The Hall–Kier alpha value is -2.26. The van der Waals surface area contributed by atoms with Gasteiger partial charge in [-0.3, -0.25) is 9.89 Å². The van der Waals surface area contributed by atoms with Gasteiger partial charge in [0.1, 0.15) is 5.75 Å². The lowest BCUT2D eigenvalue weighted by Crippen LogP contribution is -2.30. The number of nitrogens with zero attached hydrogens (tertiary/aromatic N) is 2. The molecule has 0 unspecified atom stereocenters. The van der Waals surface area contributed by atoms with Crippen molar-refractivity contribution in [1.29, 1.82) is 0 Å². The van der Waals surface area contributed by atoms with E-state index in [9.17, 15) is 18.0 Å². The first-order valence-electron chi connectivity index (χ1n) is 8.97. The number of carbonyl (C=O) groups excluding carboxylic acids is 1. The summed E-state index contributed by atoms with van der Waals surface area (Å²) in [5, 5.41) is 10.3. The van der Waals surface area contributed by atoms with Gasteiger partial charge in [0.05, 0.1) is 0 Å². The normalized spacial score (nSPS) is 13.4. The highest BCUT2D eigenvalue weighted by atomic mass is 35.5. The summed E-state index contributed by atoms with van der Waals surface area (Å²) in [7, 11) is 1.68. The highest BCUT2D eigenvalue weighted by molar-refractivity contribution is 5.93. The lowest BCUT2D eigenvalue weighted by atomic mass is 10.0. The van der Waals surface area contributed by atoms with Crippen molar-refractivity contribution in [2.24, 2.45) is 0 Å². The predicted octanol–water partition coefficient (Wildman–Crippen LogP) is 3.31. The predicted molar refractivity (Wildman–Crippen MR) is 105 cm³/mol. The van der Waals surface area contributed by atoms with Crippen LogP contribution in [0, 0.1) is 13.8 Å². The number of H-pyrrole nitrogens is 1. The summed E-state index contributed by atoms with van der Waals surface area (Å²) in [5.41, 5.74) is 4.29. The van der Waals surface area contributed by atoms with Gasteiger partial charge in [0.15, 0.2) is 12.3 Å². The van der Waals surface area contributed by atoms with Crippen molar-refractivity contribution in [3.05, 3.63) is 45.8 Å². The number of carbonyl (C=O) groups is 1. The van der Waals surface area contributed by atoms with Crippen LogP contribution in [0.15, 0.2) is 12.1 Å². The maximum Gasteiger partial charge on any atom is 0.422 e. The maximum atomic E-state index is 12.8. The number of aromatic amines is 1. The SMILES string of the molecule is Cc1cc(CN(C)C(=O)c2n[nH]c3c2CNCC3)cc(C)c1OCC(F)(F)F.Cl. The second-order valence-electron chi connectivity index (χ2n) is 7.08. The molecule has 0 atom stereocenters. The van der Waals surface area contributed by atoms with Crippen LogP contribution in [0.2, 0.25) is 0 Å². The molecule has 160 valence electrons. The van der Waals surface area contributed by atoms with E-state index in [4.69, 9.17) is 4.74 Å². The number of halogens is 4. The summed E-state index contributed by atoms with van der Waals surface area (Å²) in [5.74, 6) is 0.0244. The summed E-state index contributed by atoms with van der Waals surface area (Å²) in [6.07, 6.45) is -3.58. The Balaban J connectivity index is 0.00000300. The van der Waals surface area contributed by atoms with Crippen LogP contribution in [0.5, 0.6) is 5.75 Å². The van der Waals surface area contributed by atoms with Gasteiger partial charge < -0.3 is 15.0 Å². The summed E-state index contributed by atoms with van der Waals surface area (Å²) >= 11 is 0. The second-order valence-corrected chi connectivity index (χ2v) is 7.08. The average Bonchev–Trinajstić information content (AvgIpc) is 3.03. The molecule has 1 aliphatic heterocycles. The molecule has 10 heteroatoms. The topological polar surface area (TPSA) is 70.2 Å². The number of aryl methyl sites for hydroxylation is 2. The maximum absolute atomic E-state index is 12.8. The summed E-state index contributed by atoms with van der Waals surface area (Å²) < 4.78 is 42.2. The molecule has 0 saturated carbocycles. The number of nitrogens with one attached hydrogen (secondary N) is 2. The van der Waals surface area contributed by atoms with Gasteiger partial charge in [-0.2, -0.15) is 18.3 Å². The van der Waals surface area contributed by atoms with E-state index in [1.54, 1.807) is 37.9 Å². The number of hydrogen-bond acceptors (Lipinski definition) is 4. The Kier molecular flexibility index (Phi) is 7.18. The Morgan fingerprint density at radius 2 is 1.93 bits per heavy atom. The number of amides is 1. The molecule has 1 aliphatic rings. The van der Waals surface area contributed by atoms with Crippen LogP contribution in [-0.2, 0) is 19.5 Å². The molecule has 0 fully saturated rings. The first-order chi connectivity index (χ1) is 13.2. The van der Waals surface area contributed by atoms with Crippen LogP contribution < -0.4 is 10.1 Å². The number of fused-ring (bicyclic) bond motifs is 1. The van der Waals surface area contributed by atoms with Crippen molar-refractivity contribution in [3.8, 4) is 5.75 Å². The monoisotopic (exact) mass is 432 g/mol. The highest BCUT2D eigenvalue weighted by Crippen LogP contribution is 2.28. The lowest BCUT2D eigenvalue weighted by Gasteiger charge is -2.20. The van der Waals surface area contributed by atoms with E-state index in [1.165, 1.54) is 0 Å². The molecule has 0 saturated heterocycles. The minimum absolute atomic E-state index is 0. The highest BCUT2D eigenvalue weighted by Gasteiger charge is 2.29. The van der Waals surface area contributed by atoms with Gasteiger partial charge in [-0.1, -0.05) is 12.1 Å². The van der Waals surface area contributed by atoms with E-state index in [1.807, 2.05) is 0 Å². The van der Waals surface area contributed by atoms with Crippen LogP contribution in [-0.4, -0.2) is 47.4 Å². The van der Waals surface area contributed by atoms with Crippen LogP contribution in [0.3, 0.4) is 0 Å². The van der Waals surface area contributed by atoms with E-state index in [0.717, 1.165) is 29.8 Å². The molecule has 2 N–H and O–H groups in total.